The third-order valence-corrected chi connectivity index (χ3v) is 6.46. The van der Waals surface area contributed by atoms with Crippen LogP contribution in [0, 0.1) is 12.3 Å². The van der Waals surface area contributed by atoms with Crippen LogP contribution in [0.2, 0.25) is 0 Å². The lowest BCUT2D eigenvalue weighted by molar-refractivity contribution is -0.0483. The summed E-state index contributed by atoms with van der Waals surface area (Å²) in [7, 11) is 3.57. The molecule has 1 aromatic rings. The van der Waals surface area contributed by atoms with E-state index in [1.165, 1.54) is 4.88 Å². The van der Waals surface area contributed by atoms with Crippen LogP contribution < -0.4 is 5.32 Å². The van der Waals surface area contributed by atoms with Crippen molar-refractivity contribution in [3.05, 3.63) is 16.1 Å². The number of carbonyl (C=O) groups excluding carboxylic acids is 1. The van der Waals surface area contributed by atoms with Gasteiger partial charge in [-0.3, -0.25) is 4.90 Å². The highest BCUT2D eigenvalue weighted by Crippen LogP contribution is 2.41. The molecule has 0 saturated carbocycles. The first-order valence-electron chi connectivity index (χ1n) is 8.67. The Bertz CT molecular complexity index is 567. The number of hydrogen-bond donors (Lipinski definition) is 1. The van der Waals surface area contributed by atoms with Crippen LogP contribution >= 0.6 is 11.3 Å². The molecule has 1 atom stereocenters. The second-order valence-corrected chi connectivity index (χ2v) is 8.16. The maximum Gasteiger partial charge on any atom is 0.317 e. The van der Waals surface area contributed by atoms with Gasteiger partial charge in [0.25, 0.3) is 0 Å². The molecule has 2 amide bonds. The van der Waals surface area contributed by atoms with Gasteiger partial charge in [-0.15, -0.1) is 11.3 Å². The summed E-state index contributed by atoms with van der Waals surface area (Å²) in [5.74, 6) is 0. The topological polar surface area (TPSA) is 57.7 Å². The van der Waals surface area contributed by atoms with Gasteiger partial charge in [0.1, 0.15) is 0 Å². The second kappa shape index (κ2) is 7.37. The molecule has 2 saturated heterocycles. The van der Waals surface area contributed by atoms with Gasteiger partial charge in [-0.05, 0) is 44.7 Å². The van der Waals surface area contributed by atoms with Crippen LogP contribution in [-0.2, 0) is 11.3 Å². The van der Waals surface area contributed by atoms with Gasteiger partial charge in [-0.2, -0.15) is 0 Å². The van der Waals surface area contributed by atoms with Crippen molar-refractivity contribution in [3.63, 3.8) is 0 Å². The molecule has 1 N–H and O–H groups in total. The molecule has 0 aromatic carbocycles. The van der Waals surface area contributed by atoms with Gasteiger partial charge in [0.05, 0.1) is 23.9 Å². The molecule has 3 heterocycles. The minimum Gasteiger partial charge on any atom is -0.379 e. The molecule has 2 aliphatic rings. The Labute approximate surface area is 148 Å². The Hall–Kier alpha value is -1.18. The number of nitrogens with zero attached hydrogens (tertiary/aromatic N) is 3. The predicted octanol–water partition coefficient (Wildman–Crippen LogP) is 2.09. The quantitative estimate of drug-likeness (QED) is 0.905. The molecule has 1 unspecified atom stereocenters. The first kappa shape index (κ1) is 17.6. The fourth-order valence-corrected chi connectivity index (χ4v) is 4.55. The van der Waals surface area contributed by atoms with Gasteiger partial charge in [0, 0.05) is 32.1 Å². The molecule has 2 aliphatic heterocycles. The molecule has 2 fully saturated rings. The van der Waals surface area contributed by atoms with E-state index in [2.05, 4.69) is 22.1 Å². The second-order valence-electron chi connectivity index (χ2n) is 7.22. The number of nitrogens with one attached hydrogen (secondary N) is 1. The van der Waals surface area contributed by atoms with Gasteiger partial charge in [0.2, 0.25) is 0 Å². The summed E-state index contributed by atoms with van der Waals surface area (Å²) in [6, 6.07) is 0.0982. The number of piperidine rings is 1. The molecule has 0 radical (unpaired) electrons. The number of hydrogen-bond acceptors (Lipinski definition) is 5. The van der Waals surface area contributed by atoms with Crippen molar-refractivity contribution in [2.75, 3.05) is 40.4 Å². The summed E-state index contributed by atoms with van der Waals surface area (Å²) in [4.78, 5) is 21.9. The molecule has 7 heteroatoms. The minimum atomic E-state index is -0.0208. The normalized spacial score (nSPS) is 24.0. The van der Waals surface area contributed by atoms with Crippen molar-refractivity contribution in [1.29, 1.82) is 0 Å². The predicted molar refractivity (Wildman–Crippen MR) is 95.2 cm³/mol. The molecule has 24 heavy (non-hydrogen) atoms. The maximum absolute atomic E-state index is 12.1. The van der Waals surface area contributed by atoms with Crippen molar-refractivity contribution in [2.45, 2.75) is 38.8 Å². The zero-order valence-electron chi connectivity index (χ0n) is 14.9. The summed E-state index contributed by atoms with van der Waals surface area (Å²) in [5, 5.41) is 3.18. The van der Waals surface area contributed by atoms with Crippen LogP contribution in [0.3, 0.4) is 0 Å². The number of ether oxygens (including phenoxy) is 1. The van der Waals surface area contributed by atoms with E-state index in [-0.39, 0.29) is 17.5 Å². The Balaban J connectivity index is 1.61. The van der Waals surface area contributed by atoms with E-state index in [1.807, 2.05) is 5.51 Å². The average molecular weight is 353 g/mol. The van der Waals surface area contributed by atoms with Crippen molar-refractivity contribution in [3.8, 4) is 0 Å². The van der Waals surface area contributed by atoms with Crippen molar-refractivity contribution in [1.82, 2.24) is 20.1 Å². The Morgan fingerprint density at radius 2 is 2.21 bits per heavy atom. The minimum absolute atomic E-state index is 0.0208. The summed E-state index contributed by atoms with van der Waals surface area (Å²) in [5.41, 5.74) is 3.27. The molecule has 0 bridgehead atoms. The first-order valence-corrected chi connectivity index (χ1v) is 9.55. The molecule has 1 spiro atoms. The van der Waals surface area contributed by atoms with Gasteiger partial charge in [-0.25, -0.2) is 9.78 Å². The zero-order valence-corrected chi connectivity index (χ0v) is 15.7. The maximum atomic E-state index is 12.1. The van der Waals surface area contributed by atoms with Crippen molar-refractivity contribution >= 4 is 17.4 Å². The van der Waals surface area contributed by atoms with Crippen LogP contribution in [0.1, 0.15) is 29.8 Å². The van der Waals surface area contributed by atoms with Gasteiger partial charge < -0.3 is 15.0 Å². The molecule has 6 nitrogen and oxygen atoms in total. The lowest BCUT2D eigenvalue weighted by Crippen LogP contribution is -2.58. The van der Waals surface area contributed by atoms with Crippen LogP contribution in [0.25, 0.3) is 0 Å². The number of aryl methyl sites for hydroxylation is 1. The average Bonchev–Trinajstić information content (AvgIpc) is 2.97. The van der Waals surface area contributed by atoms with E-state index >= 15 is 0 Å². The number of thiazole rings is 1. The monoisotopic (exact) mass is 352 g/mol. The zero-order chi connectivity index (χ0) is 17.2. The molecular formula is C17H28N4O2S. The molecule has 134 valence electrons. The molecular weight excluding hydrogens is 324 g/mol. The highest BCUT2D eigenvalue weighted by Gasteiger charge is 2.44. The Morgan fingerprint density at radius 1 is 1.46 bits per heavy atom. The third kappa shape index (κ3) is 3.73. The number of urea groups is 1. The lowest BCUT2D eigenvalue weighted by atomic mass is 9.69. The van der Waals surface area contributed by atoms with Crippen molar-refractivity contribution in [2.24, 2.45) is 5.41 Å². The van der Waals surface area contributed by atoms with Crippen LogP contribution in [0.15, 0.2) is 5.51 Å². The van der Waals surface area contributed by atoms with E-state index in [1.54, 1.807) is 30.3 Å². The third-order valence-electron chi connectivity index (χ3n) is 5.54. The summed E-state index contributed by atoms with van der Waals surface area (Å²) in [6.45, 7) is 6.67. The summed E-state index contributed by atoms with van der Waals surface area (Å²) >= 11 is 1.75. The van der Waals surface area contributed by atoms with E-state index in [9.17, 15) is 4.79 Å². The fraction of sp³-hybridized carbons (Fsp3) is 0.765. The van der Waals surface area contributed by atoms with E-state index in [0.29, 0.717) is 6.61 Å². The molecule has 3 rings (SSSR count). The standard InChI is InChI=1S/C17H28N4O2S/c1-13-14(24-12-18-13)10-21-7-4-17(5-8-21)6-9-23-11-15(17)19-16(22)20(2)3/h12,15H,4-11H2,1-3H3,(H,19,22). The van der Waals surface area contributed by atoms with Crippen LogP contribution in [0.5, 0.6) is 0 Å². The first-order chi connectivity index (χ1) is 11.5. The van der Waals surface area contributed by atoms with Crippen LogP contribution in [-0.4, -0.2) is 67.3 Å². The highest BCUT2D eigenvalue weighted by atomic mass is 32.1. The van der Waals surface area contributed by atoms with Crippen molar-refractivity contribution < 1.29 is 9.53 Å². The Kier molecular flexibility index (Phi) is 5.42. The number of aromatic nitrogens is 1. The van der Waals surface area contributed by atoms with E-state index < -0.39 is 0 Å². The smallest absolute Gasteiger partial charge is 0.317 e. The summed E-state index contributed by atoms with van der Waals surface area (Å²) in [6.07, 6.45) is 3.28. The Morgan fingerprint density at radius 3 is 2.83 bits per heavy atom. The van der Waals surface area contributed by atoms with Gasteiger partial charge >= 0.3 is 6.03 Å². The SMILES string of the molecule is Cc1ncsc1CN1CCC2(CCOCC2NC(=O)N(C)C)CC1. The van der Waals surface area contributed by atoms with E-state index in [4.69, 9.17) is 4.74 Å². The number of amides is 2. The largest absolute Gasteiger partial charge is 0.379 e. The van der Waals surface area contributed by atoms with Gasteiger partial charge in [0.15, 0.2) is 0 Å². The highest BCUT2D eigenvalue weighted by molar-refractivity contribution is 7.09. The van der Waals surface area contributed by atoms with Crippen LogP contribution in [0.4, 0.5) is 4.79 Å². The summed E-state index contributed by atoms with van der Waals surface area (Å²) < 4.78 is 5.66. The van der Waals surface area contributed by atoms with Gasteiger partial charge in [-0.1, -0.05) is 0 Å². The number of carbonyl (C=O) groups is 1. The number of likely N-dealkylation sites (tertiary alicyclic amines) is 1. The molecule has 0 aliphatic carbocycles. The lowest BCUT2D eigenvalue weighted by Gasteiger charge is -2.49. The van der Waals surface area contributed by atoms with E-state index in [0.717, 1.165) is 51.2 Å². The number of rotatable bonds is 3. The molecule has 1 aromatic heterocycles. The fourth-order valence-electron chi connectivity index (χ4n) is 3.74.